The smallest absolute Gasteiger partial charge is 0.255 e. The Hall–Kier alpha value is -11.2. The van der Waals surface area contributed by atoms with E-state index in [2.05, 4.69) is 192 Å². The van der Waals surface area contributed by atoms with Gasteiger partial charge < -0.3 is 31.9 Å². The van der Waals surface area contributed by atoms with Crippen LogP contribution in [0.5, 0.6) is 0 Å². The number of benzene rings is 10. The first-order valence-corrected chi connectivity index (χ1v) is 41.9. The Labute approximate surface area is 699 Å². The predicted molar refractivity (Wildman–Crippen MR) is 491 cm³/mol. The van der Waals surface area contributed by atoms with Gasteiger partial charge in [0.05, 0.1) is 6.26 Å². The standard InChI is InChI=1S/C21H26N2O2.C20H26N2O3S.3C20H25NO/c1-14-11-19(10-9-17(14)13-21(3,4)5)23-20(25)16-7-6-8-18(12-16)22-15(2)24;1-14-11-17(10-9-16(14)13-20(2,3)4)21-19(23)15-7-6-8-18(12-15)22-26(5,24)25;3*1-14-6-8-16(9-7-14)19(22)21-18-11-10-17(15(2)12-18)13-20(3,4)5/h6-12H,13H2,1-5H3,(H,22,24)(H,23,25);6-12,22H,13H2,1-5H3,(H,21,23);3*6-12H,13H2,1-5H3,(H,21,22). The zero-order chi connectivity index (χ0) is 87.1. The molecule has 6 amide bonds. The van der Waals surface area contributed by atoms with Crippen molar-refractivity contribution in [1.29, 1.82) is 0 Å². The van der Waals surface area contributed by atoms with Crippen molar-refractivity contribution in [2.24, 2.45) is 27.1 Å². The van der Waals surface area contributed by atoms with Crippen LogP contribution in [-0.2, 0) is 46.9 Å². The van der Waals surface area contributed by atoms with Gasteiger partial charge >= 0.3 is 0 Å². The molecular weight excluding hydrogens is 1470 g/mol. The zero-order valence-electron chi connectivity index (χ0n) is 73.9. The summed E-state index contributed by atoms with van der Waals surface area (Å²) in [4.78, 5) is 72.8. The molecule has 0 bridgehead atoms. The second kappa shape index (κ2) is 41.6. The van der Waals surface area contributed by atoms with Gasteiger partial charge in [0.2, 0.25) is 15.9 Å². The molecule has 10 rings (SSSR count). The van der Waals surface area contributed by atoms with Crippen LogP contribution in [0.4, 0.5) is 39.8 Å². The number of sulfonamides is 1. The molecule has 0 heterocycles. The molecule has 10 aromatic rings. The number of nitrogens with one attached hydrogen (secondary N) is 7. The van der Waals surface area contributed by atoms with Crippen LogP contribution in [-0.4, -0.2) is 50.1 Å². The highest BCUT2D eigenvalue weighted by atomic mass is 32.2. The molecule has 16 heteroatoms. The van der Waals surface area contributed by atoms with Crippen LogP contribution >= 0.6 is 0 Å². The number of carbonyl (C=O) groups is 6. The van der Waals surface area contributed by atoms with E-state index >= 15 is 0 Å². The fourth-order valence-electron chi connectivity index (χ4n) is 12.7. The Balaban J connectivity index is 0.000000228. The van der Waals surface area contributed by atoms with E-state index in [1.54, 1.807) is 42.5 Å². The van der Waals surface area contributed by atoms with Crippen molar-refractivity contribution in [2.45, 2.75) is 198 Å². The lowest BCUT2D eigenvalue weighted by atomic mass is 9.86. The summed E-state index contributed by atoms with van der Waals surface area (Å²) in [6.45, 7) is 51.2. The van der Waals surface area contributed by atoms with Crippen LogP contribution in [0.15, 0.2) is 212 Å². The van der Waals surface area contributed by atoms with Crippen LogP contribution in [0.1, 0.15) is 235 Å². The summed E-state index contributed by atoms with van der Waals surface area (Å²) in [6.07, 6.45) is 6.13. The van der Waals surface area contributed by atoms with Gasteiger partial charge in [0, 0.05) is 74.6 Å². The summed E-state index contributed by atoms with van der Waals surface area (Å²) in [5.41, 5.74) is 25.1. The molecule has 0 aromatic heterocycles. The van der Waals surface area contributed by atoms with Crippen molar-refractivity contribution >= 4 is 85.3 Å². The number of hydrogen-bond donors (Lipinski definition) is 7. The maximum atomic E-state index is 12.5. The summed E-state index contributed by atoms with van der Waals surface area (Å²) < 4.78 is 25.0. The monoisotopic (exact) mass is 1600 g/mol. The van der Waals surface area contributed by atoms with Crippen molar-refractivity contribution in [2.75, 3.05) is 42.9 Å². The molecule has 15 nitrogen and oxygen atoms in total. The summed E-state index contributed by atoms with van der Waals surface area (Å²) >= 11 is 0. The molecule has 0 aliphatic heterocycles. The minimum atomic E-state index is -3.39. The van der Waals surface area contributed by atoms with E-state index in [4.69, 9.17) is 0 Å². The van der Waals surface area contributed by atoms with E-state index in [9.17, 15) is 37.2 Å². The maximum Gasteiger partial charge on any atom is 0.255 e. The first-order valence-electron chi connectivity index (χ1n) is 40.0. The molecule has 620 valence electrons. The average Bonchev–Trinajstić information content (AvgIpc) is 0.860. The van der Waals surface area contributed by atoms with E-state index < -0.39 is 10.0 Å². The Morgan fingerprint density at radius 3 is 0.667 bits per heavy atom. The highest BCUT2D eigenvalue weighted by Crippen LogP contribution is 2.31. The first kappa shape index (κ1) is 94.6. The van der Waals surface area contributed by atoms with Crippen molar-refractivity contribution in [1.82, 2.24) is 0 Å². The van der Waals surface area contributed by atoms with Crippen LogP contribution in [0.2, 0.25) is 0 Å². The van der Waals surface area contributed by atoms with Gasteiger partial charge in [-0.3, -0.25) is 33.5 Å². The van der Waals surface area contributed by atoms with Crippen molar-refractivity contribution < 1.29 is 37.2 Å². The summed E-state index contributed by atoms with van der Waals surface area (Å²) in [7, 11) is -3.39. The molecule has 0 fully saturated rings. The van der Waals surface area contributed by atoms with Crippen LogP contribution < -0.4 is 36.6 Å². The Bertz CT molecular complexity index is 4910. The molecule has 7 N–H and O–H groups in total. The van der Waals surface area contributed by atoms with Gasteiger partial charge in [-0.05, 0) is 304 Å². The number of hydrogen-bond acceptors (Lipinski definition) is 8. The number of rotatable bonds is 18. The van der Waals surface area contributed by atoms with Crippen LogP contribution in [0, 0.1) is 82.5 Å². The van der Waals surface area contributed by atoms with E-state index in [1.165, 1.54) is 63.1 Å². The Morgan fingerprint density at radius 2 is 0.462 bits per heavy atom. The fourth-order valence-corrected chi connectivity index (χ4v) is 13.3. The van der Waals surface area contributed by atoms with Gasteiger partial charge in [0.15, 0.2) is 0 Å². The lowest BCUT2D eigenvalue weighted by Crippen LogP contribution is -2.14. The second-order valence-corrected chi connectivity index (χ2v) is 38.7. The van der Waals surface area contributed by atoms with Gasteiger partial charge in [-0.25, -0.2) is 8.42 Å². The molecule has 0 unspecified atom stereocenters. The van der Waals surface area contributed by atoms with E-state index in [0.29, 0.717) is 44.9 Å². The van der Waals surface area contributed by atoms with Gasteiger partial charge in [-0.15, -0.1) is 0 Å². The topological polar surface area (TPSA) is 221 Å². The number of aryl methyl sites for hydroxylation is 8. The fraction of sp³-hybridized carbons (Fsp3) is 0.347. The third kappa shape index (κ3) is 35.0. The largest absolute Gasteiger partial charge is 0.326 e. The predicted octanol–water partition coefficient (Wildman–Crippen LogP) is 24.4. The Morgan fingerprint density at radius 1 is 0.256 bits per heavy atom. The first-order chi connectivity index (χ1) is 54.3. The van der Waals surface area contributed by atoms with Crippen molar-refractivity contribution in [3.8, 4) is 0 Å². The molecule has 0 atom stereocenters. The molecule has 0 saturated carbocycles. The summed E-state index contributed by atoms with van der Waals surface area (Å²) in [5, 5.41) is 17.4. The van der Waals surface area contributed by atoms with Crippen molar-refractivity contribution in [3.63, 3.8) is 0 Å². The molecule has 0 spiro atoms. The van der Waals surface area contributed by atoms with Crippen molar-refractivity contribution in [3.05, 3.63) is 312 Å². The SMILES string of the molecule is CC(=O)Nc1cccc(C(=O)Nc2ccc(CC(C)(C)C)c(C)c2)c1.Cc1cc(NC(=O)c2cccc(NS(C)(=O)=O)c2)ccc1CC(C)(C)C.Cc1ccc(C(=O)Nc2ccc(CC(C)(C)C)c(C)c2)cc1.Cc1ccc(C(=O)Nc2ccc(CC(C)(C)C)c(C)c2)cc1.Cc1ccc(C(=O)Nc2ccc(CC(C)(C)C)c(C)c2)cc1. The highest BCUT2D eigenvalue weighted by Gasteiger charge is 2.21. The van der Waals surface area contributed by atoms with E-state index in [0.717, 1.165) is 83.4 Å². The molecule has 10 aromatic carbocycles. The average molecular weight is 1600 g/mol. The number of carbonyl (C=O) groups excluding carboxylic acids is 6. The maximum absolute atomic E-state index is 12.5. The van der Waals surface area contributed by atoms with Gasteiger partial charge in [-0.2, -0.15) is 0 Å². The summed E-state index contributed by atoms with van der Waals surface area (Å²) in [6, 6.07) is 66.5. The normalized spacial score (nSPS) is 11.4. The third-order valence-corrected chi connectivity index (χ3v) is 19.0. The van der Waals surface area contributed by atoms with Crippen LogP contribution in [0.3, 0.4) is 0 Å². The molecular formula is C101H127N7O8S. The van der Waals surface area contributed by atoms with Gasteiger partial charge in [0.25, 0.3) is 29.5 Å². The third-order valence-electron chi connectivity index (χ3n) is 18.4. The summed E-state index contributed by atoms with van der Waals surface area (Å²) in [5.74, 6) is -0.850. The number of amides is 6. The van der Waals surface area contributed by atoms with Gasteiger partial charge in [0.1, 0.15) is 0 Å². The quantitative estimate of drug-likeness (QED) is 0.0437. The van der Waals surface area contributed by atoms with E-state index in [1.807, 2.05) is 167 Å². The van der Waals surface area contributed by atoms with Gasteiger partial charge in [-0.1, -0.05) is 199 Å². The lowest BCUT2D eigenvalue weighted by Gasteiger charge is -2.20. The molecule has 117 heavy (non-hydrogen) atoms. The van der Waals surface area contributed by atoms with Crippen LogP contribution in [0.25, 0.3) is 0 Å². The minimum absolute atomic E-state index is 0.0667. The molecule has 0 aliphatic rings. The second-order valence-electron chi connectivity index (χ2n) is 37.0. The highest BCUT2D eigenvalue weighted by molar-refractivity contribution is 7.92. The lowest BCUT2D eigenvalue weighted by molar-refractivity contribution is -0.114. The number of anilines is 7. The molecule has 0 radical (unpaired) electrons. The van der Waals surface area contributed by atoms with E-state index in [-0.39, 0.29) is 62.5 Å². The molecule has 0 saturated heterocycles. The minimum Gasteiger partial charge on any atom is -0.326 e. The molecule has 0 aliphatic carbocycles. The Kier molecular flexibility index (Phi) is 33.6. The zero-order valence-corrected chi connectivity index (χ0v) is 74.7.